The molecule has 0 aromatic carbocycles. The number of hydrogen-bond acceptors (Lipinski definition) is 0. The first-order valence-corrected chi connectivity index (χ1v) is 6.53. The summed E-state index contributed by atoms with van der Waals surface area (Å²) in [6.45, 7) is 0.135. The highest BCUT2D eigenvalue weighted by Crippen LogP contribution is 2.52. The summed E-state index contributed by atoms with van der Waals surface area (Å²) in [6, 6.07) is 0. The third-order valence-electron chi connectivity index (χ3n) is 4.42. The third-order valence-corrected chi connectivity index (χ3v) is 4.42. The van der Waals surface area contributed by atoms with Crippen LogP contribution in [-0.4, -0.2) is 20.0 Å². The van der Waals surface area contributed by atoms with Crippen molar-refractivity contribution in [1.29, 1.82) is 0 Å². The Bertz CT molecular complexity index is 459. The van der Waals surface area contributed by atoms with Crippen LogP contribution in [0, 0.1) is 10.8 Å². The fourth-order valence-corrected chi connectivity index (χ4v) is 2.79. The summed E-state index contributed by atoms with van der Waals surface area (Å²) in [5.74, 6) is 0. The molecule has 2 aliphatic carbocycles. The van der Waals surface area contributed by atoms with E-state index < -0.39 is 30.9 Å². The Morgan fingerprint density at radius 2 is 1.53 bits per heavy atom. The predicted molar refractivity (Wildman–Crippen MR) is 72.1 cm³/mol. The molecule has 0 aliphatic heterocycles. The summed E-state index contributed by atoms with van der Waals surface area (Å²) >= 11 is 0. The Morgan fingerprint density at radius 3 is 1.89 bits per heavy atom. The van der Waals surface area contributed by atoms with Gasteiger partial charge in [-0.05, 0) is 25.3 Å². The van der Waals surface area contributed by atoms with Crippen LogP contribution < -0.4 is 0 Å². The largest absolute Gasteiger partial charge is 0.250 e. The Kier molecular flexibility index (Phi) is 4.02. The van der Waals surface area contributed by atoms with Crippen molar-refractivity contribution in [3.05, 3.63) is 47.6 Å². The topological polar surface area (TPSA) is 0 Å². The second-order valence-corrected chi connectivity index (χ2v) is 5.52. The maximum absolute atomic E-state index is 13.7. The molecule has 0 nitrogen and oxygen atoms in total. The van der Waals surface area contributed by atoms with Crippen molar-refractivity contribution in [2.45, 2.75) is 19.8 Å². The quantitative estimate of drug-likeness (QED) is 0.695. The normalized spacial score (nSPS) is 34.1. The number of hydrogen-bond donors (Lipinski definition) is 0. The summed E-state index contributed by atoms with van der Waals surface area (Å²) in [4.78, 5) is 0. The van der Waals surface area contributed by atoms with E-state index in [1.165, 1.54) is 0 Å². The molecule has 104 valence electrons. The van der Waals surface area contributed by atoms with Crippen LogP contribution in [0.4, 0.5) is 13.2 Å². The van der Waals surface area contributed by atoms with E-state index in [0.29, 0.717) is 18.4 Å². The molecule has 2 aliphatic rings. The van der Waals surface area contributed by atoms with Gasteiger partial charge in [0.25, 0.3) is 0 Å². The Balaban J connectivity index is 2.34. The van der Waals surface area contributed by atoms with E-state index in [1.807, 2.05) is 19.1 Å². The number of allylic oxidation sites excluding steroid dienone is 8. The van der Waals surface area contributed by atoms with Gasteiger partial charge in [-0.15, -0.1) is 0 Å². The molecule has 2 unspecified atom stereocenters. The molecule has 3 heteroatoms. The van der Waals surface area contributed by atoms with Gasteiger partial charge in [-0.1, -0.05) is 42.0 Å². The highest BCUT2D eigenvalue weighted by molar-refractivity contribution is 5.35. The minimum atomic E-state index is -0.895. The lowest BCUT2D eigenvalue weighted by Crippen LogP contribution is -2.44. The van der Waals surface area contributed by atoms with E-state index in [2.05, 4.69) is 0 Å². The first-order valence-electron chi connectivity index (χ1n) is 6.53. The summed E-state index contributed by atoms with van der Waals surface area (Å²) < 4.78 is 40.0. The number of alkyl halides is 3. The first kappa shape index (κ1) is 14.2. The summed E-state index contributed by atoms with van der Waals surface area (Å²) in [7, 11) is 0. The highest BCUT2D eigenvalue weighted by atomic mass is 19.1. The van der Waals surface area contributed by atoms with Gasteiger partial charge in [0.15, 0.2) is 0 Å². The van der Waals surface area contributed by atoms with Crippen LogP contribution in [0.15, 0.2) is 47.6 Å². The van der Waals surface area contributed by atoms with Gasteiger partial charge in [0.2, 0.25) is 0 Å². The molecule has 2 atom stereocenters. The zero-order chi connectivity index (χ0) is 13.9. The van der Waals surface area contributed by atoms with Crippen molar-refractivity contribution in [2.75, 3.05) is 20.0 Å². The number of rotatable bonds is 4. The first-order chi connectivity index (χ1) is 9.11. The van der Waals surface area contributed by atoms with Crippen molar-refractivity contribution >= 4 is 0 Å². The zero-order valence-electron chi connectivity index (χ0n) is 11.1. The van der Waals surface area contributed by atoms with Crippen molar-refractivity contribution in [2.24, 2.45) is 10.8 Å². The van der Waals surface area contributed by atoms with E-state index in [1.54, 1.807) is 24.3 Å². The van der Waals surface area contributed by atoms with Gasteiger partial charge in [0, 0.05) is 10.8 Å². The molecular formula is C16H19F3. The van der Waals surface area contributed by atoms with Crippen molar-refractivity contribution < 1.29 is 13.2 Å². The fourth-order valence-electron chi connectivity index (χ4n) is 2.79. The maximum atomic E-state index is 13.7. The third kappa shape index (κ3) is 2.31. The minimum absolute atomic E-state index is 0.348. The van der Waals surface area contributed by atoms with Gasteiger partial charge in [-0.2, -0.15) is 0 Å². The van der Waals surface area contributed by atoms with Crippen LogP contribution in [-0.2, 0) is 0 Å². The van der Waals surface area contributed by atoms with Crippen LogP contribution in [0.25, 0.3) is 0 Å². The van der Waals surface area contributed by atoms with Gasteiger partial charge in [-0.25, -0.2) is 4.39 Å². The lowest BCUT2D eigenvalue weighted by molar-refractivity contribution is 0.0720. The van der Waals surface area contributed by atoms with Crippen LogP contribution in [0.2, 0.25) is 0 Å². The lowest BCUT2D eigenvalue weighted by Gasteiger charge is -2.46. The zero-order valence-corrected chi connectivity index (χ0v) is 11.1. The van der Waals surface area contributed by atoms with Crippen molar-refractivity contribution in [3.8, 4) is 0 Å². The molecule has 0 N–H and O–H groups in total. The molecule has 0 radical (unpaired) electrons. The van der Waals surface area contributed by atoms with Gasteiger partial charge in [-0.3, -0.25) is 8.78 Å². The van der Waals surface area contributed by atoms with Crippen molar-refractivity contribution in [1.82, 2.24) is 0 Å². The molecule has 0 bridgehead atoms. The summed E-state index contributed by atoms with van der Waals surface area (Å²) in [5, 5.41) is 0. The average molecular weight is 268 g/mol. The Hall–Kier alpha value is -1.25. The molecule has 19 heavy (non-hydrogen) atoms. The molecule has 0 fully saturated rings. The maximum Gasteiger partial charge on any atom is 0.114 e. The lowest BCUT2D eigenvalue weighted by atomic mass is 9.58. The SMILES string of the molecule is CC1=CCC(CF)(C2(CF)C=CC(CF)=CC2)C=C1. The second kappa shape index (κ2) is 5.40. The van der Waals surface area contributed by atoms with E-state index >= 15 is 0 Å². The molecule has 0 saturated carbocycles. The second-order valence-electron chi connectivity index (χ2n) is 5.52. The smallest absolute Gasteiger partial charge is 0.114 e. The average Bonchev–Trinajstić information content (AvgIpc) is 2.48. The van der Waals surface area contributed by atoms with Crippen LogP contribution >= 0.6 is 0 Å². The Labute approximate surface area is 112 Å². The standard InChI is InChI=1S/C16H19F3/c1-13-2-6-15(11-18,7-3-13)16(12-19)8-4-14(10-17)5-9-16/h2-6,8H,7,9-12H2,1H3. The van der Waals surface area contributed by atoms with Crippen LogP contribution in [0.1, 0.15) is 19.8 Å². The van der Waals surface area contributed by atoms with E-state index in [4.69, 9.17) is 0 Å². The molecule has 0 aromatic heterocycles. The fraction of sp³-hybridized carbons (Fsp3) is 0.500. The monoisotopic (exact) mass is 268 g/mol. The summed E-state index contributed by atoms with van der Waals surface area (Å²) in [5.41, 5.74) is -0.132. The van der Waals surface area contributed by atoms with Gasteiger partial charge >= 0.3 is 0 Å². The summed E-state index contributed by atoms with van der Waals surface area (Å²) in [6.07, 6.45) is 11.4. The molecule has 0 aromatic rings. The molecule has 2 rings (SSSR count). The molecule has 0 spiro atoms. The van der Waals surface area contributed by atoms with E-state index in [9.17, 15) is 13.2 Å². The van der Waals surface area contributed by atoms with Gasteiger partial charge in [0.05, 0.1) is 13.3 Å². The molecule has 0 heterocycles. The highest BCUT2D eigenvalue weighted by Gasteiger charge is 2.48. The number of halogens is 3. The molecular weight excluding hydrogens is 249 g/mol. The van der Waals surface area contributed by atoms with Crippen LogP contribution in [0.3, 0.4) is 0 Å². The Morgan fingerprint density at radius 1 is 0.947 bits per heavy atom. The molecule has 0 amide bonds. The predicted octanol–water partition coefficient (Wildman–Crippen LogP) is 4.66. The van der Waals surface area contributed by atoms with Gasteiger partial charge in [0.1, 0.15) is 6.67 Å². The van der Waals surface area contributed by atoms with E-state index in [-0.39, 0.29) is 0 Å². The van der Waals surface area contributed by atoms with Crippen molar-refractivity contribution in [3.63, 3.8) is 0 Å². The van der Waals surface area contributed by atoms with Crippen LogP contribution in [0.5, 0.6) is 0 Å². The van der Waals surface area contributed by atoms with E-state index in [0.717, 1.165) is 5.57 Å². The molecule has 0 saturated heterocycles. The van der Waals surface area contributed by atoms with Gasteiger partial charge < -0.3 is 0 Å². The minimum Gasteiger partial charge on any atom is -0.250 e.